The number of hydrogen-bond donors (Lipinski definition) is 1. The SMILES string of the molecule is C[C@@H]1CN(CC2(C)CCN(C(=O)OC(C)(C)C)C2)CC(C(N)=O)O1. The van der Waals surface area contributed by atoms with Crippen molar-refractivity contribution in [3.8, 4) is 0 Å². The van der Waals surface area contributed by atoms with E-state index in [9.17, 15) is 9.59 Å². The first-order valence-electron chi connectivity index (χ1n) is 8.62. The van der Waals surface area contributed by atoms with E-state index in [1.54, 1.807) is 4.90 Å². The number of rotatable bonds is 3. The monoisotopic (exact) mass is 341 g/mol. The van der Waals surface area contributed by atoms with Gasteiger partial charge >= 0.3 is 6.09 Å². The molecule has 0 aliphatic carbocycles. The Balaban J connectivity index is 1.93. The average Bonchev–Trinajstić information content (AvgIpc) is 2.78. The van der Waals surface area contributed by atoms with Gasteiger partial charge in [-0.1, -0.05) is 6.92 Å². The van der Waals surface area contributed by atoms with Gasteiger partial charge in [0.25, 0.3) is 0 Å². The molecule has 0 aromatic carbocycles. The van der Waals surface area contributed by atoms with Crippen molar-refractivity contribution in [3.63, 3.8) is 0 Å². The summed E-state index contributed by atoms with van der Waals surface area (Å²) in [5.41, 5.74) is 4.89. The Hall–Kier alpha value is -1.34. The fourth-order valence-electron chi connectivity index (χ4n) is 3.50. The van der Waals surface area contributed by atoms with Crippen molar-refractivity contribution in [2.45, 2.75) is 58.8 Å². The molecule has 0 saturated carbocycles. The van der Waals surface area contributed by atoms with Gasteiger partial charge in [0, 0.05) is 32.7 Å². The second kappa shape index (κ2) is 6.88. The third kappa shape index (κ3) is 5.08. The molecule has 0 radical (unpaired) electrons. The van der Waals surface area contributed by atoms with E-state index < -0.39 is 17.6 Å². The Bertz CT molecular complexity index is 491. The highest BCUT2D eigenvalue weighted by atomic mass is 16.6. The summed E-state index contributed by atoms with van der Waals surface area (Å²) < 4.78 is 11.1. The number of likely N-dealkylation sites (tertiary alicyclic amines) is 1. The summed E-state index contributed by atoms with van der Waals surface area (Å²) in [5.74, 6) is -0.418. The Morgan fingerprint density at radius 2 is 2.00 bits per heavy atom. The largest absolute Gasteiger partial charge is 0.444 e. The highest BCUT2D eigenvalue weighted by Gasteiger charge is 2.40. The molecule has 0 spiro atoms. The zero-order chi connectivity index (χ0) is 18.1. The van der Waals surface area contributed by atoms with Crippen LogP contribution < -0.4 is 5.73 Å². The standard InChI is InChI=1S/C17H31N3O4/c1-12-8-19(9-13(23-12)14(18)21)10-17(5)6-7-20(11-17)15(22)24-16(2,3)4/h12-13H,6-11H2,1-5H3,(H2,18,21)/t12-,13?,17?/m1/s1. The molecule has 2 aliphatic rings. The molecule has 0 bridgehead atoms. The fraction of sp³-hybridized carbons (Fsp3) is 0.882. The third-order valence-corrected chi connectivity index (χ3v) is 4.47. The molecule has 7 nitrogen and oxygen atoms in total. The maximum absolute atomic E-state index is 12.2. The van der Waals surface area contributed by atoms with E-state index in [-0.39, 0.29) is 17.6 Å². The van der Waals surface area contributed by atoms with Gasteiger partial charge in [-0.15, -0.1) is 0 Å². The summed E-state index contributed by atoms with van der Waals surface area (Å²) in [6.45, 7) is 13.2. The number of nitrogens with zero attached hydrogens (tertiary/aromatic N) is 2. The van der Waals surface area contributed by atoms with Gasteiger partial charge in [-0.3, -0.25) is 9.69 Å². The third-order valence-electron chi connectivity index (χ3n) is 4.47. The molecule has 2 heterocycles. The van der Waals surface area contributed by atoms with Gasteiger partial charge in [-0.05, 0) is 39.5 Å². The van der Waals surface area contributed by atoms with Crippen molar-refractivity contribution in [1.82, 2.24) is 9.80 Å². The molecule has 2 aliphatic heterocycles. The van der Waals surface area contributed by atoms with E-state index >= 15 is 0 Å². The number of amides is 2. The van der Waals surface area contributed by atoms with Crippen LogP contribution in [0, 0.1) is 5.41 Å². The van der Waals surface area contributed by atoms with E-state index in [0.29, 0.717) is 19.6 Å². The minimum Gasteiger partial charge on any atom is -0.444 e. The molecule has 2 amide bonds. The van der Waals surface area contributed by atoms with Crippen LogP contribution in [0.2, 0.25) is 0 Å². The van der Waals surface area contributed by atoms with Gasteiger partial charge in [0.2, 0.25) is 5.91 Å². The molecular weight excluding hydrogens is 310 g/mol. The number of ether oxygens (including phenoxy) is 2. The lowest BCUT2D eigenvalue weighted by molar-refractivity contribution is -0.143. The first-order chi connectivity index (χ1) is 11.0. The van der Waals surface area contributed by atoms with Crippen LogP contribution in [0.4, 0.5) is 4.79 Å². The smallest absolute Gasteiger partial charge is 0.410 e. The normalized spacial score (nSPS) is 32.0. The highest BCUT2D eigenvalue weighted by molar-refractivity contribution is 5.79. The fourth-order valence-corrected chi connectivity index (χ4v) is 3.50. The molecule has 2 saturated heterocycles. The van der Waals surface area contributed by atoms with E-state index in [4.69, 9.17) is 15.2 Å². The maximum atomic E-state index is 12.2. The van der Waals surface area contributed by atoms with Crippen LogP contribution in [0.15, 0.2) is 0 Å². The second-order valence-corrected chi connectivity index (χ2v) is 8.49. The summed E-state index contributed by atoms with van der Waals surface area (Å²) >= 11 is 0. The van der Waals surface area contributed by atoms with E-state index in [1.165, 1.54) is 0 Å². The number of morpholine rings is 1. The van der Waals surface area contributed by atoms with Crippen LogP contribution in [0.1, 0.15) is 41.0 Å². The minimum absolute atomic E-state index is 0.0177. The molecule has 138 valence electrons. The van der Waals surface area contributed by atoms with Crippen LogP contribution >= 0.6 is 0 Å². The summed E-state index contributed by atoms with van der Waals surface area (Å²) in [7, 11) is 0. The number of carbonyl (C=O) groups excluding carboxylic acids is 2. The van der Waals surface area contributed by atoms with Crippen molar-refractivity contribution in [2.24, 2.45) is 11.1 Å². The topological polar surface area (TPSA) is 85.1 Å². The van der Waals surface area contributed by atoms with Crippen molar-refractivity contribution >= 4 is 12.0 Å². The summed E-state index contributed by atoms with van der Waals surface area (Å²) in [6, 6.07) is 0. The molecule has 0 aromatic rings. The number of hydrogen-bond acceptors (Lipinski definition) is 5. The molecule has 0 aromatic heterocycles. The van der Waals surface area contributed by atoms with Crippen molar-refractivity contribution < 1.29 is 19.1 Å². The van der Waals surface area contributed by atoms with E-state index in [1.807, 2.05) is 27.7 Å². The molecule has 2 rings (SSSR count). The molecule has 7 heteroatoms. The predicted molar refractivity (Wildman–Crippen MR) is 90.5 cm³/mol. The maximum Gasteiger partial charge on any atom is 0.410 e. The van der Waals surface area contributed by atoms with E-state index in [2.05, 4.69) is 11.8 Å². The van der Waals surface area contributed by atoms with Gasteiger partial charge in [0.15, 0.2) is 0 Å². The first kappa shape index (κ1) is 19.0. The van der Waals surface area contributed by atoms with Crippen molar-refractivity contribution in [2.75, 3.05) is 32.7 Å². The number of carbonyl (C=O) groups is 2. The Morgan fingerprint density at radius 3 is 2.58 bits per heavy atom. The van der Waals surface area contributed by atoms with Crippen molar-refractivity contribution in [3.05, 3.63) is 0 Å². The van der Waals surface area contributed by atoms with Crippen LogP contribution in [0.3, 0.4) is 0 Å². The lowest BCUT2D eigenvalue weighted by atomic mass is 9.88. The highest BCUT2D eigenvalue weighted by Crippen LogP contribution is 2.32. The van der Waals surface area contributed by atoms with Gasteiger partial charge in [-0.25, -0.2) is 4.79 Å². The van der Waals surface area contributed by atoms with Crippen LogP contribution in [0.5, 0.6) is 0 Å². The summed E-state index contributed by atoms with van der Waals surface area (Å²) in [6.07, 6.45) is 0.0830. The second-order valence-electron chi connectivity index (χ2n) is 8.49. The Morgan fingerprint density at radius 1 is 1.33 bits per heavy atom. The first-order valence-corrected chi connectivity index (χ1v) is 8.62. The van der Waals surface area contributed by atoms with E-state index in [0.717, 1.165) is 19.5 Å². The van der Waals surface area contributed by atoms with Gasteiger partial charge in [0.05, 0.1) is 6.10 Å². The predicted octanol–water partition coefficient (Wildman–Crippen LogP) is 1.21. The van der Waals surface area contributed by atoms with Gasteiger partial charge < -0.3 is 20.1 Å². The lowest BCUT2D eigenvalue weighted by Gasteiger charge is -2.39. The molecule has 3 atom stereocenters. The van der Waals surface area contributed by atoms with Crippen molar-refractivity contribution in [1.29, 1.82) is 0 Å². The van der Waals surface area contributed by atoms with Gasteiger partial charge in [-0.2, -0.15) is 0 Å². The number of primary amides is 1. The van der Waals surface area contributed by atoms with Crippen LogP contribution in [-0.2, 0) is 14.3 Å². The van der Waals surface area contributed by atoms with Gasteiger partial charge in [0.1, 0.15) is 11.7 Å². The minimum atomic E-state index is -0.555. The summed E-state index contributed by atoms with van der Waals surface area (Å²) in [5, 5.41) is 0. The summed E-state index contributed by atoms with van der Waals surface area (Å²) in [4.78, 5) is 27.7. The molecule has 24 heavy (non-hydrogen) atoms. The molecule has 2 unspecified atom stereocenters. The van der Waals surface area contributed by atoms with Crippen LogP contribution in [-0.4, -0.2) is 72.3 Å². The number of nitrogens with two attached hydrogens (primary N) is 1. The lowest BCUT2D eigenvalue weighted by Crippen LogP contribution is -2.54. The Labute approximate surface area is 144 Å². The zero-order valence-corrected chi connectivity index (χ0v) is 15.5. The average molecular weight is 341 g/mol. The molecule has 2 fully saturated rings. The van der Waals surface area contributed by atoms with Crippen LogP contribution in [0.25, 0.3) is 0 Å². The molecular formula is C17H31N3O4. The molecule has 2 N–H and O–H groups in total. The quantitative estimate of drug-likeness (QED) is 0.834. The zero-order valence-electron chi connectivity index (χ0n) is 15.5. The Kier molecular flexibility index (Phi) is 5.44.